The standard InChI is InChI=1S/C6H12.C4H8.C2H6/c1-6-4-2-3-5-6;1-2-4-3-1;1-2/h6H,2-5H2,1H3;1-4H2;1-2H3. The van der Waals surface area contributed by atoms with Crippen LogP contribution in [-0.4, -0.2) is 0 Å². The van der Waals surface area contributed by atoms with Crippen molar-refractivity contribution in [2.45, 2.75) is 72.1 Å². The van der Waals surface area contributed by atoms with E-state index in [2.05, 4.69) is 6.92 Å². The Morgan fingerprint density at radius 1 is 0.667 bits per heavy atom. The second-order valence-electron chi connectivity index (χ2n) is 3.80. The molecule has 0 aromatic carbocycles. The summed E-state index contributed by atoms with van der Waals surface area (Å²) < 4.78 is 0. The highest BCUT2D eigenvalue weighted by Crippen LogP contribution is 2.22. The summed E-state index contributed by atoms with van der Waals surface area (Å²) in [5.41, 5.74) is 0. The zero-order valence-electron chi connectivity index (χ0n) is 9.23. The van der Waals surface area contributed by atoms with E-state index < -0.39 is 0 Å². The van der Waals surface area contributed by atoms with Gasteiger partial charge in [0.05, 0.1) is 0 Å². The lowest BCUT2D eigenvalue weighted by molar-refractivity contribution is 0.504. The van der Waals surface area contributed by atoms with Gasteiger partial charge < -0.3 is 0 Å². The minimum Gasteiger partial charge on any atom is -0.0683 e. The van der Waals surface area contributed by atoms with Gasteiger partial charge in [-0.3, -0.25) is 0 Å². The highest BCUT2D eigenvalue weighted by atomic mass is 14.1. The first-order chi connectivity index (χ1) is 5.89. The fourth-order valence-electron chi connectivity index (χ4n) is 1.38. The zero-order chi connectivity index (χ0) is 9.23. The Hall–Kier alpha value is 0. The van der Waals surface area contributed by atoms with Crippen molar-refractivity contribution in [3.05, 3.63) is 0 Å². The molecule has 0 bridgehead atoms. The van der Waals surface area contributed by atoms with Crippen LogP contribution in [0, 0.1) is 5.92 Å². The average Bonchev–Trinajstić information content (AvgIpc) is 2.40. The van der Waals surface area contributed by atoms with E-state index >= 15 is 0 Å². The van der Waals surface area contributed by atoms with Gasteiger partial charge >= 0.3 is 0 Å². The minimum absolute atomic E-state index is 1.05. The van der Waals surface area contributed by atoms with Crippen molar-refractivity contribution in [2.24, 2.45) is 5.92 Å². The Kier molecular flexibility index (Phi) is 9.09. The molecule has 0 heteroatoms. The molecular formula is C12H26. The van der Waals surface area contributed by atoms with Crippen molar-refractivity contribution >= 4 is 0 Å². The molecule has 2 fully saturated rings. The van der Waals surface area contributed by atoms with Crippen molar-refractivity contribution in [2.75, 3.05) is 0 Å². The van der Waals surface area contributed by atoms with E-state index in [9.17, 15) is 0 Å². The van der Waals surface area contributed by atoms with Crippen LogP contribution < -0.4 is 0 Å². The Morgan fingerprint density at radius 2 is 1.00 bits per heavy atom. The van der Waals surface area contributed by atoms with Gasteiger partial charge in [-0.1, -0.05) is 72.1 Å². The summed E-state index contributed by atoms with van der Waals surface area (Å²) in [5, 5.41) is 0. The second-order valence-corrected chi connectivity index (χ2v) is 3.80. The van der Waals surface area contributed by atoms with Crippen molar-refractivity contribution in [1.29, 1.82) is 0 Å². The number of hydrogen-bond donors (Lipinski definition) is 0. The lowest BCUT2D eigenvalue weighted by Crippen LogP contribution is -1.85. The van der Waals surface area contributed by atoms with E-state index in [0.29, 0.717) is 0 Å². The third-order valence-electron chi connectivity index (χ3n) is 2.64. The van der Waals surface area contributed by atoms with Crippen LogP contribution >= 0.6 is 0 Å². The fraction of sp³-hybridized carbons (Fsp3) is 1.00. The molecule has 0 amide bonds. The molecule has 0 N–H and O–H groups in total. The predicted octanol–water partition coefficient (Wildman–Crippen LogP) is 4.78. The van der Waals surface area contributed by atoms with Gasteiger partial charge in [-0.15, -0.1) is 0 Å². The van der Waals surface area contributed by atoms with Gasteiger partial charge in [-0.2, -0.15) is 0 Å². The first-order valence-corrected chi connectivity index (χ1v) is 5.89. The molecule has 0 aromatic rings. The van der Waals surface area contributed by atoms with Gasteiger partial charge in [0, 0.05) is 0 Å². The summed E-state index contributed by atoms with van der Waals surface area (Å²) in [4.78, 5) is 0. The molecule has 2 saturated carbocycles. The molecule has 74 valence electrons. The van der Waals surface area contributed by atoms with Crippen molar-refractivity contribution < 1.29 is 0 Å². The van der Waals surface area contributed by atoms with E-state index in [1.165, 1.54) is 51.4 Å². The van der Waals surface area contributed by atoms with Crippen molar-refractivity contribution in [3.8, 4) is 0 Å². The van der Waals surface area contributed by atoms with E-state index in [1.807, 2.05) is 13.8 Å². The van der Waals surface area contributed by atoms with Crippen LogP contribution in [0.5, 0.6) is 0 Å². The summed E-state index contributed by atoms with van der Waals surface area (Å²) in [6.45, 7) is 6.34. The fourth-order valence-corrected chi connectivity index (χ4v) is 1.38. The highest BCUT2D eigenvalue weighted by molar-refractivity contribution is 4.60. The molecule has 0 radical (unpaired) electrons. The van der Waals surface area contributed by atoms with Gasteiger partial charge in [0.2, 0.25) is 0 Å². The second kappa shape index (κ2) is 9.09. The zero-order valence-corrected chi connectivity index (χ0v) is 9.23. The molecule has 2 aliphatic carbocycles. The molecule has 0 heterocycles. The maximum Gasteiger partial charge on any atom is -0.0443 e. The SMILES string of the molecule is C1CCC1.CC.CC1CCCC1. The Balaban J connectivity index is 0.000000176. The Morgan fingerprint density at radius 3 is 1.08 bits per heavy atom. The van der Waals surface area contributed by atoms with Crippen LogP contribution in [0.3, 0.4) is 0 Å². The third kappa shape index (κ3) is 6.69. The molecule has 0 aliphatic heterocycles. The van der Waals surface area contributed by atoms with Crippen LogP contribution in [-0.2, 0) is 0 Å². The van der Waals surface area contributed by atoms with Crippen molar-refractivity contribution in [3.63, 3.8) is 0 Å². The average molecular weight is 170 g/mol. The molecule has 0 saturated heterocycles. The predicted molar refractivity (Wildman–Crippen MR) is 57.4 cm³/mol. The molecule has 2 aliphatic rings. The summed E-state index contributed by atoms with van der Waals surface area (Å²) in [6, 6.07) is 0. The minimum atomic E-state index is 1.05. The maximum atomic E-state index is 2.34. The monoisotopic (exact) mass is 170 g/mol. The summed E-state index contributed by atoms with van der Waals surface area (Å²) in [7, 11) is 0. The van der Waals surface area contributed by atoms with Gasteiger partial charge in [0.15, 0.2) is 0 Å². The summed E-state index contributed by atoms with van der Waals surface area (Å²) in [6.07, 6.45) is 11.9. The third-order valence-corrected chi connectivity index (χ3v) is 2.64. The summed E-state index contributed by atoms with van der Waals surface area (Å²) in [5.74, 6) is 1.05. The smallest absolute Gasteiger partial charge is 0.0443 e. The molecule has 0 atom stereocenters. The van der Waals surface area contributed by atoms with Crippen LogP contribution in [0.1, 0.15) is 72.1 Å². The highest BCUT2D eigenvalue weighted by Gasteiger charge is 2.07. The van der Waals surface area contributed by atoms with Crippen molar-refractivity contribution in [1.82, 2.24) is 0 Å². The van der Waals surface area contributed by atoms with Crippen LogP contribution in [0.25, 0.3) is 0 Å². The van der Waals surface area contributed by atoms with Crippen LogP contribution in [0.2, 0.25) is 0 Å². The number of rotatable bonds is 0. The van der Waals surface area contributed by atoms with Crippen LogP contribution in [0.4, 0.5) is 0 Å². The molecule has 12 heavy (non-hydrogen) atoms. The maximum absolute atomic E-state index is 2.34. The lowest BCUT2D eigenvalue weighted by atomic mass is 10.0. The Bertz CT molecular complexity index is 62.1. The first kappa shape index (κ1) is 12.0. The van der Waals surface area contributed by atoms with E-state index in [1.54, 1.807) is 0 Å². The van der Waals surface area contributed by atoms with E-state index in [0.717, 1.165) is 5.92 Å². The topological polar surface area (TPSA) is 0 Å². The molecule has 0 spiro atoms. The van der Waals surface area contributed by atoms with Gasteiger partial charge in [-0.25, -0.2) is 0 Å². The van der Waals surface area contributed by atoms with E-state index in [4.69, 9.17) is 0 Å². The quantitative estimate of drug-likeness (QED) is 0.490. The molecule has 0 aromatic heterocycles. The van der Waals surface area contributed by atoms with E-state index in [-0.39, 0.29) is 0 Å². The molecular weight excluding hydrogens is 144 g/mol. The number of hydrogen-bond acceptors (Lipinski definition) is 0. The van der Waals surface area contributed by atoms with Gasteiger partial charge in [0.25, 0.3) is 0 Å². The normalized spacial score (nSPS) is 21.2. The van der Waals surface area contributed by atoms with Gasteiger partial charge in [0.1, 0.15) is 0 Å². The van der Waals surface area contributed by atoms with Crippen LogP contribution in [0.15, 0.2) is 0 Å². The van der Waals surface area contributed by atoms with Gasteiger partial charge in [-0.05, 0) is 5.92 Å². The Labute approximate surface area is 78.8 Å². The largest absolute Gasteiger partial charge is 0.0683 e. The molecule has 2 rings (SSSR count). The molecule has 0 nitrogen and oxygen atoms in total. The summed E-state index contributed by atoms with van der Waals surface area (Å²) >= 11 is 0. The first-order valence-electron chi connectivity index (χ1n) is 5.89. The molecule has 0 unspecified atom stereocenters. The lowest BCUT2D eigenvalue weighted by Gasteiger charge is -2.05.